The first-order valence-electron chi connectivity index (χ1n) is 8.47. The summed E-state index contributed by atoms with van der Waals surface area (Å²) < 4.78 is 7.51. The zero-order valence-corrected chi connectivity index (χ0v) is 15.3. The van der Waals surface area contributed by atoms with Crippen LogP contribution in [0.3, 0.4) is 0 Å². The third kappa shape index (κ3) is 4.51. The van der Waals surface area contributed by atoms with Crippen molar-refractivity contribution in [2.45, 2.75) is 17.5 Å². The maximum absolute atomic E-state index is 5.77. The van der Waals surface area contributed by atoms with Gasteiger partial charge in [0.1, 0.15) is 12.4 Å². The third-order valence-electron chi connectivity index (χ3n) is 3.85. The summed E-state index contributed by atoms with van der Waals surface area (Å²) in [4.78, 5) is 4.25. The van der Waals surface area contributed by atoms with Crippen molar-refractivity contribution in [1.29, 1.82) is 0 Å². The predicted octanol–water partition coefficient (Wildman–Crippen LogP) is 3.93. The minimum Gasteiger partial charge on any atom is -0.487 e. The lowest BCUT2D eigenvalue weighted by atomic mass is 10.2. The molecule has 7 heteroatoms. The summed E-state index contributed by atoms with van der Waals surface area (Å²) in [5, 5.41) is 12.8. The number of benzene rings is 2. The Morgan fingerprint density at radius 1 is 0.889 bits per heavy atom. The van der Waals surface area contributed by atoms with E-state index in [0.717, 1.165) is 28.0 Å². The Morgan fingerprint density at radius 2 is 1.70 bits per heavy atom. The van der Waals surface area contributed by atoms with E-state index in [1.54, 1.807) is 22.6 Å². The highest BCUT2D eigenvalue weighted by Gasteiger charge is 2.09. The zero-order valence-electron chi connectivity index (χ0n) is 14.5. The Morgan fingerprint density at radius 3 is 2.48 bits per heavy atom. The van der Waals surface area contributed by atoms with Crippen LogP contribution >= 0.6 is 11.8 Å². The van der Waals surface area contributed by atoms with Crippen molar-refractivity contribution in [3.8, 4) is 11.4 Å². The fourth-order valence-corrected chi connectivity index (χ4v) is 3.32. The maximum atomic E-state index is 5.77. The Labute approximate surface area is 161 Å². The van der Waals surface area contributed by atoms with Crippen LogP contribution in [0.15, 0.2) is 84.1 Å². The van der Waals surface area contributed by atoms with Crippen LogP contribution in [0.1, 0.15) is 11.3 Å². The van der Waals surface area contributed by atoms with Crippen molar-refractivity contribution in [3.63, 3.8) is 0 Å². The van der Waals surface area contributed by atoms with Gasteiger partial charge in [-0.15, -0.1) is 5.10 Å². The van der Waals surface area contributed by atoms with Gasteiger partial charge in [-0.2, -0.15) is 4.68 Å². The van der Waals surface area contributed by atoms with Crippen LogP contribution < -0.4 is 4.74 Å². The number of nitrogens with zero attached hydrogens (tertiary/aromatic N) is 5. The van der Waals surface area contributed by atoms with Gasteiger partial charge < -0.3 is 4.74 Å². The van der Waals surface area contributed by atoms with E-state index in [-0.39, 0.29) is 0 Å². The van der Waals surface area contributed by atoms with Gasteiger partial charge in [0.25, 0.3) is 0 Å². The molecule has 0 radical (unpaired) electrons. The van der Waals surface area contributed by atoms with E-state index in [9.17, 15) is 0 Å². The lowest BCUT2D eigenvalue weighted by molar-refractivity contribution is 0.301. The molecule has 134 valence electrons. The molecule has 0 bridgehead atoms. The molecule has 0 aliphatic rings. The summed E-state index contributed by atoms with van der Waals surface area (Å²) in [6, 6.07) is 23.7. The first-order valence-corrected chi connectivity index (χ1v) is 9.45. The Kier molecular flexibility index (Phi) is 5.40. The Balaban J connectivity index is 1.35. The van der Waals surface area contributed by atoms with Gasteiger partial charge in [-0.3, -0.25) is 4.98 Å². The number of hydrogen-bond acceptors (Lipinski definition) is 6. The molecule has 2 heterocycles. The second-order valence-corrected chi connectivity index (χ2v) is 6.69. The molecule has 0 aliphatic heterocycles. The molecule has 27 heavy (non-hydrogen) atoms. The van der Waals surface area contributed by atoms with Gasteiger partial charge >= 0.3 is 0 Å². The smallest absolute Gasteiger partial charge is 0.214 e. The quantitative estimate of drug-likeness (QED) is 0.456. The largest absolute Gasteiger partial charge is 0.487 e. The average molecular weight is 375 g/mol. The molecule has 0 aliphatic carbocycles. The second-order valence-electron chi connectivity index (χ2n) is 5.75. The highest BCUT2D eigenvalue weighted by molar-refractivity contribution is 7.98. The van der Waals surface area contributed by atoms with Crippen LogP contribution in [-0.2, 0) is 12.4 Å². The highest BCUT2D eigenvalue weighted by atomic mass is 32.2. The number of hydrogen-bond donors (Lipinski definition) is 0. The number of rotatable bonds is 7. The number of thioether (sulfide) groups is 1. The standard InChI is InChI=1S/C20H17N5OS/c1-2-7-18(8-3-1)25-20(22-23-24-25)27-15-16-9-11-19(12-10-16)26-14-17-6-4-5-13-21-17/h1-13H,14-15H2. The van der Waals surface area contributed by atoms with E-state index >= 15 is 0 Å². The molecule has 0 saturated carbocycles. The summed E-state index contributed by atoms with van der Waals surface area (Å²) in [5.74, 6) is 1.59. The Bertz CT molecular complexity index is 974. The van der Waals surface area contributed by atoms with Gasteiger partial charge in [0.15, 0.2) is 0 Å². The molecule has 4 rings (SSSR count). The normalized spacial score (nSPS) is 10.7. The van der Waals surface area contributed by atoms with E-state index in [4.69, 9.17) is 4.74 Å². The van der Waals surface area contributed by atoms with Gasteiger partial charge in [-0.25, -0.2) is 0 Å². The molecule has 0 amide bonds. The monoisotopic (exact) mass is 375 g/mol. The van der Waals surface area contributed by atoms with Crippen LogP contribution in [0.4, 0.5) is 0 Å². The minimum atomic E-state index is 0.459. The zero-order chi connectivity index (χ0) is 18.3. The molecule has 2 aromatic carbocycles. The van der Waals surface area contributed by atoms with E-state index < -0.39 is 0 Å². The number of tetrazole rings is 1. The molecule has 4 aromatic rings. The van der Waals surface area contributed by atoms with E-state index in [1.165, 1.54) is 5.56 Å². The molecule has 6 nitrogen and oxygen atoms in total. The second kappa shape index (κ2) is 8.46. The molecule has 0 fully saturated rings. The lowest BCUT2D eigenvalue weighted by Gasteiger charge is -2.07. The molecule has 2 aromatic heterocycles. The van der Waals surface area contributed by atoms with Crippen LogP contribution in [0, 0.1) is 0 Å². The van der Waals surface area contributed by atoms with Gasteiger partial charge in [-0.05, 0) is 52.4 Å². The third-order valence-corrected chi connectivity index (χ3v) is 4.84. The minimum absolute atomic E-state index is 0.459. The molecular formula is C20H17N5OS. The summed E-state index contributed by atoms with van der Waals surface area (Å²) >= 11 is 1.59. The fourth-order valence-electron chi connectivity index (χ4n) is 2.47. The number of ether oxygens (including phenoxy) is 1. The Hall–Kier alpha value is -3.19. The van der Waals surface area contributed by atoms with Crippen molar-refractivity contribution < 1.29 is 4.74 Å². The van der Waals surface area contributed by atoms with Crippen LogP contribution in [0.2, 0.25) is 0 Å². The van der Waals surface area contributed by atoms with E-state index in [1.807, 2.05) is 60.7 Å². The maximum Gasteiger partial charge on any atom is 0.214 e. The molecule has 0 N–H and O–H groups in total. The summed E-state index contributed by atoms with van der Waals surface area (Å²) in [5.41, 5.74) is 3.03. The molecule has 0 saturated heterocycles. The fraction of sp³-hybridized carbons (Fsp3) is 0.100. The van der Waals surface area contributed by atoms with Crippen LogP contribution in [-0.4, -0.2) is 25.2 Å². The molecule has 0 unspecified atom stereocenters. The number of aromatic nitrogens is 5. The van der Waals surface area contributed by atoms with Gasteiger partial charge in [0.05, 0.1) is 11.4 Å². The van der Waals surface area contributed by atoms with Crippen LogP contribution in [0.25, 0.3) is 5.69 Å². The molecule has 0 spiro atoms. The van der Waals surface area contributed by atoms with Crippen molar-refractivity contribution >= 4 is 11.8 Å². The predicted molar refractivity (Wildman–Crippen MR) is 104 cm³/mol. The van der Waals surface area contributed by atoms with Crippen molar-refractivity contribution in [3.05, 3.63) is 90.3 Å². The SMILES string of the molecule is c1ccc(-n2nnnc2SCc2ccc(OCc3ccccn3)cc2)cc1. The average Bonchev–Trinajstić information content (AvgIpc) is 3.21. The van der Waals surface area contributed by atoms with Crippen molar-refractivity contribution in [2.75, 3.05) is 0 Å². The summed E-state index contributed by atoms with van der Waals surface area (Å²) in [6.07, 6.45) is 1.77. The number of pyridine rings is 1. The van der Waals surface area contributed by atoms with Gasteiger partial charge in [0, 0.05) is 11.9 Å². The molecular weight excluding hydrogens is 358 g/mol. The highest BCUT2D eigenvalue weighted by Crippen LogP contribution is 2.23. The summed E-state index contributed by atoms with van der Waals surface area (Å²) in [7, 11) is 0. The summed E-state index contributed by atoms with van der Waals surface area (Å²) in [6.45, 7) is 0.459. The first kappa shape index (κ1) is 17.2. The van der Waals surface area contributed by atoms with E-state index in [2.05, 4.69) is 32.6 Å². The van der Waals surface area contributed by atoms with Gasteiger partial charge in [-0.1, -0.05) is 48.2 Å². The lowest BCUT2D eigenvalue weighted by Crippen LogP contribution is -1.99. The van der Waals surface area contributed by atoms with Crippen molar-refractivity contribution in [2.24, 2.45) is 0 Å². The molecule has 0 atom stereocenters. The van der Waals surface area contributed by atoms with E-state index in [0.29, 0.717) is 6.61 Å². The number of para-hydroxylation sites is 1. The van der Waals surface area contributed by atoms with Crippen molar-refractivity contribution in [1.82, 2.24) is 25.2 Å². The van der Waals surface area contributed by atoms with Gasteiger partial charge in [0.2, 0.25) is 5.16 Å². The first-order chi connectivity index (χ1) is 13.4. The topological polar surface area (TPSA) is 65.7 Å². The van der Waals surface area contributed by atoms with Crippen LogP contribution in [0.5, 0.6) is 5.75 Å².